The Morgan fingerprint density at radius 2 is 1.88 bits per heavy atom. The minimum absolute atomic E-state index is 0.0466. The molecule has 0 atom stereocenters. The van der Waals surface area contributed by atoms with Gasteiger partial charge < -0.3 is 5.32 Å². The Labute approximate surface area is 197 Å². The van der Waals surface area contributed by atoms with Gasteiger partial charge in [-0.2, -0.15) is 5.26 Å². The second kappa shape index (κ2) is 10.9. The molecule has 2 aromatic heterocycles. The van der Waals surface area contributed by atoms with E-state index >= 15 is 0 Å². The molecular weight excluding hydrogens is 458 g/mol. The maximum absolute atomic E-state index is 12.5. The number of amides is 1. The number of thioether (sulfide) groups is 1. The summed E-state index contributed by atoms with van der Waals surface area (Å²) in [5.74, 6) is 0.420. The predicted molar refractivity (Wildman–Crippen MR) is 128 cm³/mol. The highest BCUT2D eigenvalue weighted by Crippen LogP contribution is 2.22. The Balaban J connectivity index is 1.61. The Morgan fingerprint density at radius 1 is 1.12 bits per heavy atom. The van der Waals surface area contributed by atoms with Gasteiger partial charge in [0.15, 0.2) is 0 Å². The van der Waals surface area contributed by atoms with Gasteiger partial charge in [-0.3, -0.25) is 9.52 Å². The zero-order valence-corrected chi connectivity index (χ0v) is 19.8. The summed E-state index contributed by atoms with van der Waals surface area (Å²) in [6.07, 6.45) is 2.28. The summed E-state index contributed by atoms with van der Waals surface area (Å²) in [6, 6.07) is 16.4. The molecule has 2 heterocycles. The minimum atomic E-state index is -3.79. The van der Waals surface area contributed by atoms with Crippen molar-refractivity contribution in [2.75, 3.05) is 15.8 Å². The zero-order valence-electron chi connectivity index (χ0n) is 18.1. The highest BCUT2D eigenvalue weighted by molar-refractivity contribution is 8.00. The van der Waals surface area contributed by atoms with Crippen LogP contribution in [0.3, 0.4) is 0 Å². The summed E-state index contributed by atoms with van der Waals surface area (Å²) >= 11 is 1.19. The summed E-state index contributed by atoms with van der Waals surface area (Å²) in [4.78, 5) is 20.9. The Kier molecular flexibility index (Phi) is 8.03. The summed E-state index contributed by atoms with van der Waals surface area (Å²) in [5.41, 5.74) is 1.76. The van der Waals surface area contributed by atoms with Gasteiger partial charge in [0.25, 0.3) is 10.0 Å². The van der Waals surface area contributed by atoms with Crippen LogP contribution in [0, 0.1) is 17.2 Å². The van der Waals surface area contributed by atoms with Crippen LogP contribution in [0.15, 0.2) is 70.7 Å². The molecule has 0 unspecified atom stereocenters. The molecule has 1 amide bonds. The van der Waals surface area contributed by atoms with E-state index in [1.165, 1.54) is 42.2 Å². The van der Waals surface area contributed by atoms with Crippen LogP contribution in [0.1, 0.15) is 25.1 Å². The third kappa shape index (κ3) is 7.03. The first kappa shape index (κ1) is 24.2. The van der Waals surface area contributed by atoms with E-state index in [4.69, 9.17) is 0 Å². The lowest BCUT2D eigenvalue weighted by Gasteiger charge is -2.10. The van der Waals surface area contributed by atoms with E-state index in [2.05, 4.69) is 39.9 Å². The fourth-order valence-corrected chi connectivity index (χ4v) is 4.67. The molecule has 0 aliphatic heterocycles. The van der Waals surface area contributed by atoms with Gasteiger partial charge in [0.1, 0.15) is 16.9 Å². The van der Waals surface area contributed by atoms with Crippen molar-refractivity contribution < 1.29 is 13.2 Å². The van der Waals surface area contributed by atoms with Crippen LogP contribution >= 0.6 is 11.8 Å². The first-order valence-corrected chi connectivity index (χ1v) is 12.6. The third-order valence-electron chi connectivity index (χ3n) is 4.35. The van der Waals surface area contributed by atoms with Crippen LogP contribution in [0.2, 0.25) is 0 Å². The normalized spacial score (nSPS) is 11.1. The van der Waals surface area contributed by atoms with E-state index in [9.17, 15) is 18.5 Å². The molecule has 0 bridgehead atoms. The van der Waals surface area contributed by atoms with Crippen LogP contribution in [0.4, 0.5) is 11.5 Å². The second-order valence-corrected chi connectivity index (χ2v) is 10.2. The number of nitrogens with zero attached hydrogens (tertiary/aromatic N) is 3. The van der Waals surface area contributed by atoms with Crippen molar-refractivity contribution in [3.05, 3.63) is 72.1 Å². The fraction of sp³-hybridized carbons (Fsp3) is 0.217. The fourth-order valence-electron chi connectivity index (χ4n) is 2.87. The van der Waals surface area contributed by atoms with Gasteiger partial charge in [-0.05, 0) is 60.9 Å². The lowest BCUT2D eigenvalue weighted by molar-refractivity contribution is -0.113. The SMILES string of the molecule is CC(C)Cc1ccc(C#N)c(SCC(=O)Nc2ccc(S(=O)(=O)Nc3ccccn3)cc2)n1. The molecular formula is C23H23N5O3S2. The molecule has 170 valence electrons. The van der Waals surface area contributed by atoms with Crippen LogP contribution in [-0.2, 0) is 21.2 Å². The maximum atomic E-state index is 12.5. The molecule has 0 spiro atoms. The average molecular weight is 482 g/mol. The molecule has 0 fully saturated rings. The quantitative estimate of drug-likeness (QED) is 0.441. The molecule has 0 aliphatic carbocycles. The smallest absolute Gasteiger partial charge is 0.263 e. The van der Waals surface area contributed by atoms with Gasteiger partial charge in [-0.15, -0.1) is 0 Å². The number of benzene rings is 1. The van der Waals surface area contributed by atoms with Crippen molar-refractivity contribution >= 4 is 39.2 Å². The highest BCUT2D eigenvalue weighted by Gasteiger charge is 2.15. The minimum Gasteiger partial charge on any atom is -0.325 e. The Hall–Kier alpha value is -3.42. The predicted octanol–water partition coefficient (Wildman–Crippen LogP) is 4.08. The number of carbonyl (C=O) groups is 1. The van der Waals surface area contributed by atoms with E-state index in [1.807, 2.05) is 6.07 Å². The van der Waals surface area contributed by atoms with Crippen molar-refractivity contribution in [2.24, 2.45) is 5.92 Å². The summed E-state index contributed by atoms with van der Waals surface area (Å²) in [5, 5.41) is 12.6. The third-order valence-corrected chi connectivity index (χ3v) is 6.71. The number of hydrogen-bond acceptors (Lipinski definition) is 7. The number of rotatable bonds is 9. The topological polar surface area (TPSA) is 125 Å². The second-order valence-electron chi connectivity index (χ2n) is 7.55. The summed E-state index contributed by atoms with van der Waals surface area (Å²) in [7, 11) is -3.79. The van der Waals surface area contributed by atoms with E-state index in [0.717, 1.165) is 12.1 Å². The first-order chi connectivity index (χ1) is 15.8. The van der Waals surface area contributed by atoms with E-state index < -0.39 is 10.0 Å². The van der Waals surface area contributed by atoms with Crippen molar-refractivity contribution in [1.82, 2.24) is 9.97 Å². The molecule has 8 nitrogen and oxygen atoms in total. The summed E-state index contributed by atoms with van der Waals surface area (Å²) < 4.78 is 27.3. The number of pyridine rings is 2. The molecule has 33 heavy (non-hydrogen) atoms. The monoisotopic (exact) mass is 481 g/mol. The number of anilines is 2. The molecule has 10 heteroatoms. The van der Waals surface area contributed by atoms with Gasteiger partial charge in [-0.1, -0.05) is 31.7 Å². The van der Waals surface area contributed by atoms with Gasteiger partial charge in [0, 0.05) is 17.6 Å². The highest BCUT2D eigenvalue weighted by atomic mass is 32.2. The van der Waals surface area contributed by atoms with Crippen LogP contribution < -0.4 is 10.0 Å². The number of aromatic nitrogens is 2. The van der Waals surface area contributed by atoms with Gasteiger partial charge in [0.2, 0.25) is 5.91 Å². The molecule has 0 aliphatic rings. The molecule has 3 aromatic rings. The van der Waals surface area contributed by atoms with E-state index in [1.54, 1.807) is 24.3 Å². The van der Waals surface area contributed by atoms with Gasteiger partial charge in [0.05, 0.1) is 16.2 Å². The molecule has 1 aromatic carbocycles. The van der Waals surface area contributed by atoms with Crippen molar-refractivity contribution in [1.29, 1.82) is 5.26 Å². The number of carbonyl (C=O) groups excluding carboxylic acids is 1. The average Bonchev–Trinajstić information content (AvgIpc) is 2.78. The molecule has 0 saturated carbocycles. The lowest BCUT2D eigenvalue weighted by Crippen LogP contribution is -2.16. The maximum Gasteiger partial charge on any atom is 0.263 e. The van der Waals surface area contributed by atoms with Crippen LogP contribution in [0.25, 0.3) is 0 Å². The number of sulfonamides is 1. The van der Waals surface area contributed by atoms with E-state index in [0.29, 0.717) is 22.2 Å². The number of nitriles is 1. The number of nitrogens with one attached hydrogen (secondary N) is 2. The van der Waals surface area contributed by atoms with Crippen molar-refractivity contribution in [3.63, 3.8) is 0 Å². The molecule has 3 rings (SSSR count). The Bertz CT molecular complexity index is 1260. The van der Waals surface area contributed by atoms with Gasteiger partial charge in [-0.25, -0.2) is 18.4 Å². The zero-order chi connectivity index (χ0) is 23.8. The Morgan fingerprint density at radius 3 is 2.52 bits per heavy atom. The van der Waals surface area contributed by atoms with Crippen molar-refractivity contribution in [3.8, 4) is 6.07 Å². The first-order valence-electron chi connectivity index (χ1n) is 10.1. The molecule has 0 saturated heterocycles. The summed E-state index contributed by atoms with van der Waals surface area (Å²) in [6.45, 7) is 4.18. The largest absolute Gasteiger partial charge is 0.325 e. The van der Waals surface area contributed by atoms with Crippen LogP contribution in [-0.4, -0.2) is 30.0 Å². The van der Waals surface area contributed by atoms with Crippen LogP contribution in [0.5, 0.6) is 0 Å². The standard InChI is InChI=1S/C23H23N5O3S2/c1-16(2)13-19-7-6-17(14-24)23(27-19)32-15-22(29)26-18-8-10-20(11-9-18)33(30,31)28-21-5-3-4-12-25-21/h3-12,16H,13,15H2,1-2H3,(H,25,28)(H,26,29). The van der Waals surface area contributed by atoms with E-state index in [-0.39, 0.29) is 22.4 Å². The molecule has 0 radical (unpaired) electrons. The lowest BCUT2D eigenvalue weighted by atomic mass is 10.1. The van der Waals surface area contributed by atoms with Crippen molar-refractivity contribution in [2.45, 2.75) is 30.2 Å². The molecule has 2 N–H and O–H groups in total. The van der Waals surface area contributed by atoms with Gasteiger partial charge >= 0.3 is 0 Å². The number of hydrogen-bond donors (Lipinski definition) is 2.